The third-order valence-corrected chi connectivity index (χ3v) is 6.39. The maximum absolute atomic E-state index is 13.4. The van der Waals surface area contributed by atoms with Crippen molar-refractivity contribution in [2.45, 2.75) is 37.5 Å². The van der Waals surface area contributed by atoms with E-state index in [-0.39, 0.29) is 31.3 Å². The third-order valence-electron chi connectivity index (χ3n) is 6.39. The normalized spacial score (nSPS) is 18.8. The second-order valence-electron chi connectivity index (χ2n) is 9.53. The molecule has 0 radical (unpaired) electrons. The van der Waals surface area contributed by atoms with Crippen molar-refractivity contribution in [1.82, 2.24) is 0 Å². The van der Waals surface area contributed by atoms with Gasteiger partial charge in [-0.05, 0) is 49.2 Å². The lowest BCUT2D eigenvalue weighted by Gasteiger charge is -2.39. The summed E-state index contributed by atoms with van der Waals surface area (Å²) in [6.07, 6.45) is -3.04. The minimum atomic E-state index is -4.56. The van der Waals surface area contributed by atoms with Gasteiger partial charge in [0.25, 0.3) is 0 Å². The Morgan fingerprint density at radius 3 is 2.47 bits per heavy atom. The molecule has 0 aliphatic carbocycles. The van der Waals surface area contributed by atoms with E-state index in [9.17, 15) is 22.8 Å². The average molecular weight is 505 g/mol. The molecule has 0 spiro atoms. The van der Waals surface area contributed by atoms with E-state index in [1.807, 2.05) is 13.8 Å². The van der Waals surface area contributed by atoms with Crippen LogP contribution in [0, 0.1) is 0 Å². The molecule has 0 unspecified atom stereocenters. The van der Waals surface area contributed by atoms with Crippen molar-refractivity contribution in [1.29, 1.82) is 0 Å². The van der Waals surface area contributed by atoms with Gasteiger partial charge in [-0.15, -0.1) is 0 Å². The zero-order valence-electron chi connectivity index (χ0n) is 20.3. The lowest BCUT2D eigenvalue weighted by Crippen LogP contribution is -2.47. The van der Waals surface area contributed by atoms with Crippen LogP contribution in [0.4, 0.5) is 24.5 Å². The number of anilines is 2. The number of rotatable bonds is 6. The summed E-state index contributed by atoms with van der Waals surface area (Å²) in [6.45, 7) is 3.71. The van der Waals surface area contributed by atoms with Gasteiger partial charge >= 0.3 is 6.18 Å². The molecular formula is C26H27F3N2O5. The van der Waals surface area contributed by atoms with Gasteiger partial charge < -0.3 is 24.8 Å². The van der Waals surface area contributed by atoms with E-state index in [1.54, 1.807) is 18.2 Å². The SMILES string of the molecule is COCC1(COC)CC(=CC(=O)Nc2ccc3c(c2)NC(=O)C3(C)C)c2ccc(C(F)(F)F)cc2O1. The molecular weight excluding hydrogens is 477 g/mol. The molecule has 4 rings (SSSR count). The molecule has 36 heavy (non-hydrogen) atoms. The minimum Gasteiger partial charge on any atom is -0.481 e. The van der Waals surface area contributed by atoms with Crippen molar-refractivity contribution in [2.24, 2.45) is 0 Å². The van der Waals surface area contributed by atoms with Crippen molar-refractivity contribution in [2.75, 3.05) is 38.1 Å². The van der Waals surface area contributed by atoms with Gasteiger partial charge in [-0.1, -0.05) is 12.1 Å². The van der Waals surface area contributed by atoms with Crippen molar-refractivity contribution < 1.29 is 37.0 Å². The van der Waals surface area contributed by atoms with E-state index in [2.05, 4.69) is 10.6 Å². The Labute approximate surface area is 206 Å². The summed E-state index contributed by atoms with van der Waals surface area (Å²) in [6, 6.07) is 8.33. The summed E-state index contributed by atoms with van der Waals surface area (Å²) >= 11 is 0. The van der Waals surface area contributed by atoms with E-state index < -0.39 is 28.7 Å². The first-order valence-corrected chi connectivity index (χ1v) is 11.2. The summed E-state index contributed by atoms with van der Waals surface area (Å²) in [5, 5.41) is 5.58. The highest BCUT2D eigenvalue weighted by Crippen LogP contribution is 2.44. The molecule has 0 saturated heterocycles. The summed E-state index contributed by atoms with van der Waals surface area (Å²) in [5.74, 6) is -0.621. The van der Waals surface area contributed by atoms with Crippen LogP contribution in [-0.4, -0.2) is 44.8 Å². The van der Waals surface area contributed by atoms with Gasteiger partial charge in [0.15, 0.2) is 5.60 Å². The maximum Gasteiger partial charge on any atom is 0.416 e. The molecule has 0 bridgehead atoms. The van der Waals surface area contributed by atoms with Crippen LogP contribution in [0.3, 0.4) is 0 Å². The largest absolute Gasteiger partial charge is 0.481 e. The van der Waals surface area contributed by atoms with Crippen LogP contribution in [0.15, 0.2) is 42.5 Å². The predicted octanol–water partition coefficient (Wildman–Crippen LogP) is 4.77. The van der Waals surface area contributed by atoms with Gasteiger partial charge in [0.2, 0.25) is 11.8 Å². The topological polar surface area (TPSA) is 85.9 Å². The van der Waals surface area contributed by atoms with E-state index >= 15 is 0 Å². The number of carbonyl (C=O) groups excluding carboxylic acids is 2. The van der Waals surface area contributed by atoms with Gasteiger partial charge in [-0.3, -0.25) is 9.59 Å². The lowest BCUT2D eigenvalue weighted by molar-refractivity contribution is -0.138. The molecule has 2 aromatic rings. The number of ether oxygens (including phenoxy) is 3. The van der Waals surface area contributed by atoms with E-state index in [1.165, 1.54) is 26.4 Å². The Kier molecular flexibility index (Phi) is 6.61. The number of nitrogens with one attached hydrogen (secondary N) is 2. The Balaban J connectivity index is 1.67. The Morgan fingerprint density at radius 2 is 1.83 bits per heavy atom. The Hall–Kier alpha value is -3.37. The van der Waals surface area contributed by atoms with Crippen molar-refractivity contribution in [3.63, 3.8) is 0 Å². The smallest absolute Gasteiger partial charge is 0.416 e. The highest BCUT2D eigenvalue weighted by atomic mass is 19.4. The van der Waals surface area contributed by atoms with Crippen LogP contribution in [0.5, 0.6) is 5.75 Å². The molecule has 2 heterocycles. The number of amides is 2. The van der Waals surface area contributed by atoms with E-state index in [0.717, 1.165) is 17.7 Å². The van der Waals surface area contributed by atoms with E-state index in [4.69, 9.17) is 14.2 Å². The fourth-order valence-electron chi connectivity index (χ4n) is 4.63. The summed E-state index contributed by atoms with van der Waals surface area (Å²) in [4.78, 5) is 25.2. The zero-order valence-corrected chi connectivity index (χ0v) is 20.3. The first-order chi connectivity index (χ1) is 16.9. The molecule has 192 valence electrons. The minimum absolute atomic E-state index is 0.00769. The number of hydrogen-bond donors (Lipinski definition) is 2. The molecule has 2 aliphatic heterocycles. The molecule has 0 fully saturated rings. The van der Waals surface area contributed by atoms with E-state index in [0.29, 0.717) is 22.5 Å². The molecule has 0 saturated carbocycles. The summed E-state index contributed by atoms with van der Waals surface area (Å²) in [5.41, 5.74) is 0.115. The summed E-state index contributed by atoms with van der Waals surface area (Å²) in [7, 11) is 2.90. The number of fused-ring (bicyclic) bond motifs is 2. The fraction of sp³-hybridized carbons (Fsp3) is 0.385. The first-order valence-electron chi connectivity index (χ1n) is 11.2. The molecule has 2 aromatic carbocycles. The van der Waals surface area contributed by atoms with Crippen molar-refractivity contribution in [3.8, 4) is 5.75 Å². The summed E-state index contributed by atoms with van der Waals surface area (Å²) < 4.78 is 56.6. The molecule has 2 amide bonds. The average Bonchev–Trinajstić information content (AvgIpc) is 3.00. The van der Waals surface area contributed by atoms with Crippen molar-refractivity contribution in [3.05, 3.63) is 59.2 Å². The molecule has 2 N–H and O–H groups in total. The number of hydrogen-bond acceptors (Lipinski definition) is 5. The second-order valence-corrected chi connectivity index (χ2v) is 9.53. The Morgan fingerprint density at radius 1 is 1.14 bits per heavy atom. The number of halogens is 3. The molecule has 7 nitrogen and oxygen atoms in total. The van der Waals surface area contributed by atoms with Gasteiger partial charge in [-0.2, -0.15) is 13.2 Å². The highest BCUT2D eigenvalue weighted by Gasteiger charge is 2.41. The fourth-order valence-corrected chi connectivity index (χ4v) is 4.63. The predicted molar refractivity (Wildman–Crippen MR) is 128 cm³/mol. The number of methoxy groups -OCH3 is 2. The van der Waals surface area contributed by atoms with Crippen LogP contribution in [0.1, 0.15) is 37.0 Å². The number of alkyl halides is 3. The van der Waals surface area contributed by atoms with Crippen LogP contribution in [0.2, 0.25) is 0 Å². The highest BCUT2D eigenvalue weighted by molar-refractivity contribution is 6.08. The van der Waals surface area contributed by atoms with Crippen LogP contribution in [-0.2, 0) is 30.7 Å². The monoisotopic (exact) mass is 504 g/mol. The molecule has 2 aliphatic rings. The van der Waals surface area contributed by atoms with Gasteiger partial charge in [0, 0.05) is 43.7 Å². The van der Waals surface area contributed by atoms with Gasteiger partial charge in [0.1, 0.15) is 5.75 Å². The van der Waals surface area contributed by atoms with Crippen LogP contribution >= 0.6 is 0 Å². The van der Waals surface area contributed by atoms with Crippen LogP contribution < -0.4 is 15.4 Å². The van der Waals surface area contributed by atoms with Gasteiger partial charge in [0.05, 0.1) is 24.2 Å². The zero-order chi connectivity index (χ0) is 26.3. The molecule has 0 atom stereocenters. The first kappa shape index (κ1) is 25.7. The molecule has 0 aromatic heterocycles. The van der Waals surface area contributed by atoms with Gasteiger partial charge in [-0.25, -0.2) is 0 Å². The maximum atomic E-state index is 13.4. The quantitative estimate of drug-likeness (QED) is 0.554. The Bertz CT molecular complexity index is 1230. The third kappa shape index (κ3) is 4.83. The lowest BCUT2D eigenvalue weighted by atomic mass is 9.86. The number of carbonyl (C=O) groups is 2. The van der Waals surface area contributed by atoms with Crippen LogP contribution in [0.25, 0.3) is 5.57 Å². The standard InChI is InChI=1S/C26H27F3N2O5/c1-24(2)19-8-6-17(11-20(19)31-23(24)33)30-22(32)9-15-12-25(13-34-3,14-35-4)36-21-10-16(26(27,28)29)5-7-18(15)21/h5-11H,12-14H2,1-4H3,(H,30,32)(H,31,33). The number of benzene rings is 2. The second kappa shape index (κ2) is 9.25. The van der Waals surface area contributed by atoms with Crippen molar-refractivity contribution >= 4 is 28.8 Å². The molecule has 10 heteroatoms.